The van der Waals surface area contributed by atoms with Crippen molar-refractivity contribution in [3.63, 3.8) is 0 Å². The molecular formula is C29H25F5O4. The fraction of sp³-hybridized carbons (Fsp3) is 0.276. The van der Waals surface area contributed by atoms with Crippen molar-refractivity contribution in [3.8, 4) is 22.6 Å². The topological polar surface area (TPSA) is 44.8 Å². The SMILES string of the molecule is CCOc1ccc(C2=CCC(OC(=O)c3ccc(-c4ccc(OCC)c(F)c4F)cc3F)CC2)c(F)c1F. The standard InChI is InChI=1S/C29H25F5O4/c1-3-36-23-13-11-19(25(31)27(23)33)16-5-8-18(9-6-16)38-29(35)21-10-7-17(15-22(21)30)20-12-14-24(37-4-2)28(34)26(20)32/h5,7,10-15,18H,3-4,6,8-9H2,1-2H3. The summed E-state index contributed by atoms with van der Waals surface area (Å²) in [6.07, 6.45) is 1.92. The van der Waals surface area contributed by atoms with Crippen molar-refractivity contribution >= 4 is 11.5 Å². The molecule has 4 rings (SSSR count). The van der Waals surface area contributed by atoms with E-state index >= 15 is 0 Å². The summed E-state index contributed by atoms with van der Waals surface area (Å²) in [5.74, 6) is -6.76. The van der Waals surface area contributed by atoms with Crippen molar-refractivity contribution < 1.29 is 41.0 Å². The fourth-order valence-electron chi connectivity index (χ4n) is 4.29. The molecule has 1 atom stereocenters. The molecule has 0 heterocycles. The average molecular weight is 533 g/mol. The summed E-state index contributed by atoms with van der Waals surface area (Å²) < 4.78 is 87.8. The predicted octanol–water partition coefficient (Wildman–Crippen LogP) is 7.64. The van der Waals surface area contributed by atoms with E-state index in [2.05, 4.69) is 0 Å². The van der Waals surface area contributed by atoms with E-state index in [1.54, 1.807) is 19.9 Å². The third-order valence-electron chi connectivity index (χ3n) is 6.18. The Morgan fingerprint density at radius 2 is 1.42 bits per heavy atom. The highest BCUT2D eigenvalue weighted by atomic mass is 19.2. The number of rotatable bonds is 8. The first kappa shape index (κ1) is 27.2. The summed E-state index contributed by atoms with van der Waals surface area (Å²) in [5, 5.41) is 0. The third kappa shape index (κ3) is 5.51. The number of carbonyl (C=O) groups excluding carboxylic acids is 1. The van der Waals surface area contributed by atoms with Crippen LogP contribution in [0.2, 0.25) is 0 Å². The number of allylic oxidation sites excluding steroid dienone is 1. The maximum Gasteiger partial charge on any atom is 0.341 e. The molecule has 4 nitrogen and oxygen atoms in total. The third-order valence-corrected chi connectivity index (χ3v) is 6.18. The summed E-state index contributed by atoms with van der Waals surface area (Å²) in [6, 6.07) is 8.68. The van der Waals surface area contributed by atoms with E-state index in [0.29, 0.717) is 18.4 Å². The highest BCUT2D eigenvalue weighted by Crippen LogP contribution is 2.34. The molecule has 1 unspecified atom stereocenters. The molecule has 9 heteroatoms. The van der Waals surface area contributed by atoms with Crippen molar-refractivity contribution in [2.45, 2.75) is 39.2 Å². The van der Waals surface area contributed by atoms with Gasteiger partial charge in [-0.3, -0.25) is 0 Å². The maximum absolute atomic E-state index is 14.8. The van der Waals surface area contributed by atoms with E-state index < -0.39 is 41.2 Å². The van der Waals surface area contributed by atoms with E-state index in [0.717, 1.165) is 12.1 Å². The fourth-order valence-corrected chi connectivity index (χ4v) is 4.29. The Labute approximate surface area is 216 Å². The Kier molecular flexibility index (Phi) is 8.34. The largest absolute Gasteiger partial charge is 0.491 e. The lowest BCUT2D eigenvalue weighted by atomic mass is 9.91. The molecule has 0 N–H and O–H groups in total. The van der Waals surface area contributed by atoms with Gasteiger partial charge in [0.25, 0.3) is 0 Å². The van der Waals surface area contributed by atoms with Gasteiger partial charge in [0.15, 0.2) is 23.1 Å². The molecule has 0 fully saturated rings. The van der Waals surface area contributed by atoms with Gasteiger partial charge in [-0.1, -0.05) is 12.1 Å². The second kappa shape index (κ2) is 11.7. The summed E-state index contributed by atoms with van der Waals surface area (Å²) in [4.78, 5) is 12.6. The van der Waals surface area contributed by atoms with Crippen LogP contribution in [0.25, 0.3) is 16.7 Å². The Balaban J connectivity index is 1.45. The van der Waals surface area contributed by atoms with E-state index in [1.165, 1.54) is 30.3 Å². The van der Waals surface area contributed by atoms with Gasteiger partial charge in [-0.15, -0.1) is 0 Å². The van der Waals surface area contributed by atoms with Gasteiger partial charge < -0.3 is 14.2 Å². The van der Waals surface area contributed by atoms with Crippen molar-refractivity contribution in [3.05, 3.63) is 88.8 Å². The lowest BCUT2D eigenvalue weighted by Crippen LogP contribution is -2.21. The smallest absolute Gasteiger partial charge is 0.341 e. The first-order valence-electron chi connectivity index (χ1n) is 12.2. The average Bonchev–Trinajstić information content (AvgIpc) is 2.90. The molecule has 3 aromatic rings. The van der Waals surface area contributed by atoms with Crippen LogP contribution in [0.15, 0.2) is 48.5 Å². The lowest BCUT2D eigenvalue weighted by Gasteiger charge is -2.23. The van der Waals surface area contributed by atoms with E-state index in [1.807, 2.05) is 0 Å². The lowest BCUT2D eigenvalue weighted by molar-refractivity contribution is 0.0280. The van der Waals surface area contributed by atoms with Gasteiger partial charge in [0.2, 0.25) is 11.6 Å². The second-order valence-electron chi connectivity index (χ2n) is 8.57. The molecule has 0 amide bonds. The van der Waals surface area contributed by atoms with Crippen LogP contribution in [0.3, 0.4) is 0 Å². The second-order valence-corrected chi connectivity index (χ2v) is 8.57. The van der Waals surface area contributed by atoms with Gasteiger partial charge >= 0.3 is 5.97 Å². The molecule has 200 valence electrons. The molecule has 1 aliphatic carbocycles. The molecule has 38 heavy (non-hydrogen) atoms. The van der Waals surface area contributed by atoms with Gasteiger partial charge in [-0.2, -0.15) is 8.78 Å². The number of benzene rings is 3. The van der Waals surface area contributed by atoms with Crippen molar-refractivity contribution in [1.29, 1.82) is 0 Å². The van der Waals surface area contributed by atoms with Gasteiger partial charge in [-0.05, 0) is 74.2 Å². The van der Waals surface area contributed by atoms with E-state index in [9.17, 15) is 26.7 Å². The zero-order valence-corrected chi connectivity index (χ0v) is 20.8. The van der Waals surface area contributed by atoms with Crippen LogP contribution in [0.5, 0.6) is 11.5 Å². The number of esters is 1. The highest BCUT2D eigenvalue weighted by Gasteiger charge is 2.25. The Morgan fingerprint density at radius 1 is 0.816 bits per heavy atom. The van der Waals surface area contributed by atoms with Crippen LogP contribution in [0.1, 0.15) is 49.0 Å². The number of carbonyl (C=O) groups is 1. The maximum atomic E-state index is 14.8. The van der Waals surface area contributed by atoms with Crippen LogP contribution in [-0.4, -0.2) is 25.3 Å². The number of ether oxygens (including phenoxy) is 3. The Morgan fingerprint density at radius 3 is 1.97 bits per heavy atom. The summed E-state index contributed by atoms with van der Waals surface area (Å²) in [5.41, 5.74) is 0.156. The van der Waals surface area contributed by atoms with Crippen LogP contribution in [0.4, 0.5) is 22.0 Å². The molecule has 0 spiro atoms. The Hall–Kier alpha value is -3.88. The minimum atomic E-state index is -1.20. The van der Waals surface area contributed by atoms with Crippen LogP contribution in [-0.2, 0) is 4.74 Å². The zero-order valence-electron chi connectivity index (χ0n) is 20.8. The highest BCUT2D eigenvalue weighted by molar-refractivity contribution is 5.90. The molecule has 0 saturated heterocycles. The van der Waals surface area contributed by atoms with Crippen molar-refractivity contribution in [1.82, 2.24) is 0 Å². The minimum absolute atomic E-state index is 0.0355. The number of hydrogen-bond acceptors (Lipinski definition) is 4. The molecule has 0 saturated carbocycles. The molecule has 1 aliphatic rings. The zero-order chi connectivity index (χ0) is 27.4. The summed E-state index contributed by atoms with van der Waals surface area (Å²) in [6.45, 7) is 3.64. The van der Waals surface area contributed by atoms with Crippen LogP contribution < -0.4 is 9.47 Å². The predicted molar refractivity (Wildman–Crippen MR) is 131 cm³/mol. The Bertz CT molecular complexity index is 1390. The number of halogens is 5. The summed E-state index contributed by atoms with van der Waals surface area (Å²) in [7, 11) is 0. The van der Waals surface area contributed by atoms with Gasteiger partial charge in [0.05, 0.1) is 18.8 Å². The first-order chi connectivity index (χ1) is 18.2. The minimum Gasteiger partial charge on any atom is -0.491 e. The normalized spacial score (nSPS) is 15.1. The molecule has 0 aromatic heterocycles. The monoisotopic (exact) mass is 532 g/mol. The van der Waals surface area contributed by atoms with Crippen LogP contribution >= 0.6 is 0 Å². The molecule has 3 aromatic carbocycles. The van der Waals surface area contributed by atoms with E-state index in [4.69, 9.17) is 14.2 Å². The van der Waals surface area contributed by atoms with Crippen molar-refractivity contribution in [2.75, 3.05) is 13.2 Å². The molecule has 0 aliphatic heterocycles. The van der Waals surface area contributed by atoms with Gasteiger partial charge in [0, 0.05) is 17.5 Å². The van der Waals surface area contributed by atoms with E-state index in [-0.39, 0.29) is 53.4 Å². The molecule has 0 bridgehead atoms. The van der Waals surface area contributed by atoms with Gasteiger partial charge in [-0.25, -0.2) is 18.0 Å². The molecule has 0 radical (unpaired) electrons. The first-order valence-corrected chi connectivity index (χ1v) is 12.2. The summed E-state index contributed by atoms with van der Waals surface area (Å²) >= 11 is 0. The number of hydrogen-bond donors (Lipinski definition) is 0. The molecular weight excluding hydrogens is 507 g/mol. The quantitative estimate of drug-likeness (QED) is 0.221. The van der Waals surface area contributed by atoms with Gasteiger partial charge in [0.1, 0.15) is 11.9 Å². The van der Waals surface area contributed by atoms with Crippen molar-refractivity contribution in [2.24, 2.45) is 0 Å². The van der Waals surface area contributed by atoms with Crippen LogP contribution in [0, 0.1) is 29.1 Å².